The third-order valence-electron chi connectivity index (χ3n) is 4.09. The molecule has 0 atom stereocenters. The van der Waals surface area contributed by atoms with Gasteiger partial charge in [-0.25, -0.2) is 0 Å². The molecule has 0 saturated carbocycles. The van der Waals surface area contributed by atoms with E-state index in [1.54, 1.807) is 16.7 Å². The normalized spacial score (nSPS) is 11.2. The zero-order valence-corrected chi connectivity index (χ0v) is 17.0. The predicted molar refractivity (Wildman–Crippen MR) is 110 cm³/mol. The Bertz CT molecular complexity index is 1110. The van der Waals surface area contributed by atoms with Crippen LogP contribution in [0.3, 0.4) is 0 Å². The maximum atomic E-state index is 12.1. The molecule has 0 saturated heterocycles. The van der Waals surface area contributed by atoms with E-state index >= 15 is 0 Å². The summed E-state index contributed by atoms with van der Waals surface area (Å²) in [7, 11) is 0. The van der Waals surface area contributed by atoms with Gasteiger partial charge in [0.1, 0.15) is 0 Å². The number of hydrogen-bond donors (Lipinski definition) is 1. The van der Waals surface area contributed by atoms with Crippen LogP contribution in [0, 0.1) is 10.1 Å². The Morgan fingerprint density at radius 2 is 2.07 bits per heavy atom. The summed E-state index contributed by atoms with van der Waals surface area (Å²) >= 11 is 3.38. The van der Waals surface area contributed by atoms with E-state index < -0.39 is 17.4 Å². The average molecular weight is 461 g/mol. The van der Waals surface area contributed by atoms with E-state index in [2.05, 4.69) is 26.2 Å². The number of fused-ring (bicyclic) bond motifs is 1. The summed E-state index contributed by atoms with van der Waals surface area (Å²) < 4.78 is 7.70. The second kappa shape index (κ2) is 8.82. The minimum absolute atomic E-state index is 0.0348. The minimum atomic E-state index is -0.742. The summed E-state index contributed by atoms with van der Waals surface area (Å²) in [6, 6.07) is 11.2. The van der Waals surface area contributed by atoms with Crippen LogP contribution in [0.1, 0.15) is 13.3 Å². The van der Waals surface area contributed by atoms with E-state index in [0.717, 1.165) is 16.4 Å². The molecule has 0 radical (unpaired) electrons. The first-order valence-corrected chi connectivity index (χ1v) is 9.53. The van der Waals surface area contributed by atoms with Crippen molar-refractivity contribution in [2.45, 2.75) is 19.9 Å². The first kappa shape index (κ1) is 20.5. The van der Waals surface area contributed by atoms with Crippen LogP contribution in [0.15, 0.2) is 57.2 Å². The van der Waals surface area contributed by atoms with Crippen LogP contribution in [-0.2, 0) is 11.3 Å². The summed E-state index contributed by atoms with van der Waals surface area (Å²) in [6.45, 7) is 2.04. The number of azo groups is 1. The van der Waals surface area contributed by atoms with Crippen LogP contribution in [0.25, 0.3) is 10.9 Å². The highest BCUT2D eigenvalue weighted by atomic mass is 79.9. The zero-order valence-electron chi connectivity index (χ0n) is 15.4. The molecular formula is C19H17BrN4O5. The molecule has 3 rings (SSSR count). The topological polar surface area (TPSA) is 119 Å². The predicted octanol–water partition coefficient (Wildman–Crippen LogP) is 5.12. The molecule has 1 N–H and O–H groups in total. The third kappa shape index (κ3) is 4.43. The Hall–Kier alpha value is -3.27. The van der Waals surface area contributed by atoms with Crippen molar-refractivity contribution < 1.29 is 19.6 Å². The number of nitro benzene ring substituents is 1. The van der Waals surface area contributed by atoms with Crippen molar-refractivity contribution in [2.75, 3.05) is 6.61 Å². The van der Waals surface area contributed by atoms with Crippen molar-refractivity contribution in [3.05, 3.63) is 57.1 Å². The first-order valence-electron chi connectivity index (χ1n) is 8.73. The van der Waals surface area contributed by atoms with Gasteiger partial charge in [0.05, 0.1) is 10.4 Å². The molecule has 10 heteroatoms. The second-order valence-electron chi connectivity index (χ2n) is 6.09. The monoisotopic (exact) mass is 460 g/mol. The van der Waals surface area contributed by atoms with Crippen LogP contribution in [0.2, 0.25) is 0 Å². The van der Waals surface area contributed by atoms with Crippen LogP contribution in [0.4, 0.5) is 11.4 Å². The molecule has 0 aliphatic rings. The van der Waals surface area contributed by atoms with E-state index in [-0.39, 0.29) is 23.0 Å². The number of nitrogens with zero attached hydrogens (tertiary/aromatic N) is 4. The van der Waals surface area contributed by atoms with Gasteiger partial charge in [-0.3, -0.25) is 14.9 Å². The maximum absolute atomic E-state index is 12.1. The number of rotatable bonds is 7. The highest BCUT2D eigenvalue weighted by Crippen LogP contribution is 2.40. The molecule has 0 fully saturated rings. The smallest absolute Gasteiger partial charge is 0.310 e. The average Bonchev–Trinajstić information content (AvgIpc) is 2.95. The SMILES string of the molecule is CCCn1c(O)c(N=NC(=O)COc2ccccc2[N+](=O)[O-])c2cc(Br)ccc21. The molecule has 0 aliphatic heterocycles. The molecule has 0 bridgehead atoms. The van der Waals surface area contributed by atoms with Gasteiger partial charge < -0.3 is 14.4 Å². The zero-order chi connectivity index (χ0) is 21.0. The van der Waals surface area contributed by atoms with Gasteiger partial charge in [-0.1, -0.05) is 35.0 Å². The van der Waals surface area contributed by atoms with Gasteiger partial charge in [0.2, 0.25) is 5.88 Å². The van der Waals surface area contributed by atoms with Crippen LogP contribution >= 0.6 is 15.9 Å². The Labute approximate surface area is 173 Å². The molecule has 1 amide bonds. The van der Waals surface area contributed by atoms with Gasteiger partial charge in [-0.2, -0.15) is 0 Å². The lowest BCUT2D eigenvalue weighted by atomic mass is 10.2. The van der Waals surface area contributed by atoms with Crippen molar-refractivity contribution >= 4 is 44.1 Å². The molecule has 1 aromatic heterocycles. The largest absolute Gasteiger partial charge is 0.493 e. The molecule has 0 aliphatic carbocycles. The lowest BCUT2D eigenvalue weighted by molar-refractivity contribution is -0.385. The molecule has 9 nitrogen and oxygen atoms in total. The number of carbonyl (C=O) groups is 1. The van der Waals surface area contributed by atoms with E-state index in [4.69, 9.17) is 4.74 Å². The molecular weight excluding hydrogens is 444 g/mol. The summed E-state index contributed by atoms with van der Waals surface area (Å²) in [5.74, 6) is -0.863. The molecule has 2 aromatic carbocycles. The number of carbonyl (C=O) groups excluding carboxylic acids is 1. The van der Waals surface area contributed by atoms with Crippen LogP contribution in [0.5, 0.6) is 11.6 Å². The molecule has 0 unspecified atom stereocenters. The summed E-state index contributed by atoms with van der Waals surface area (Å²) in [5, 5.41) is 29.7. The number of para-hydroxylation sites is 2. The van der Waals surface area contributed by atoms with Gasteiger partial charge in [0.15, 0.2) is 18.0 Å². The number of benzene rings is 2. The Balaban J connectivity index is 1.82. The fourth-order valence-electron chi connectivity index (χ4n) is 2.85. The molecule has 0 spiro atoms. The van der Waals surface area contributed by atoms with E-state index in [1.807, 2.05) is 19.1 Å². The highest BCUT2D eigenvalue weighted by Gasteiger charge is 2.18. The van der Waals surface area contributed by atoms with Gasteiger partial charge in [-0.05, 0) is 30.7 Å². The summed E-state index contributed by atoms with van der Waals surface area (Å²) in [5.41, 5.74) is 0.696. The van der Waals surface area contributed by atoms with Crippen molar-refractivity contribution in [3.63, 3.8) is 0 Å². The number of halogens is 1. The standard InChI is InChI=1S/C19H17BrN4O5/c1-2-9-23-14-8-7-12(20)10-13(14)18(19(23)26)22-21-17(25)11-29-16-6-4-3-5-15(16)24(27)28/h3-8,10,26H,2,9,11H2,1H3. The lowest BCUT2D eigenvalue weighted by Crippen LogP contribution is -2.09. The van der Waals surface area contributed by atoms with Gasteiger partial charge in [0.25, 0.3) is 0 Å². The quantitative estimate of drug-likeness (QED) is 0.298. The number of aryl methyl sites for hydroxylation is 1. The minimum Gasteiger partial charge on any atom is -0.493 e. The number of aromatic hydroxyl groups is 1. The van der Waals surface area contributed by atoms with Crippen molar-refractivity contribution in [1.29, 1.82) is 0 Å². The van der Waals surface area contributed by atoms with E-state index in [1.165, 1.54) is 18.2 Å². The third-order valence-corrected chi connectivity index (χ3v) is 4.59. The number of hydrogen-bond acceptors (Lipinski definition) is 6. The van der Waals surface area contributed by atoms with Crippen LogP contribution in [-0.4, -0.2) is 27.1 Å². The van der Waals surface area contributed by atoms with Crippen molar-refractivity contribution in [2.24, 2.45) is 10.2 Å². The van der Waals surface area contributed by atoms with Crippen molar-refractivity contribution in [1.82, 2.24) is 4.57 Å². The number of amides is 1. The van der Waals surface area contributed by atoms with Crippen LogP contribution < -0.4 is 4.74 Å². The summed E-state index contributed by atoms with van der Waals surface area (Å²) in [4.78, 5) is 22.5. The van der Waals surface area contributed by atoms with Gasteiger partial charge >= 0.3 is 11.6 Å². The van der Waals surface area contributed by atoms with Crippen molar-refractivity contribution in [3.8, 4) is 11.6 Å². The fourth-order valence-corrected chi connectivity index (χ4v) is 3.21. The lowest BCUT2D eigenvalue weighted by Gasteiger charge is -2.04. The Morgan fingerprint density at radius 1 is 1.31 bits per heavy atom. The number of nitro groups is 1. The molecule has 1 heterocycles. The highest BCUT2D eigenvalue weighted by molar-refractivity contribution is 9.10. The Morgan fingerprint density at radius 3 is 2.79 bits per heavy atom. The molecule has 3 aromatic rings. The van der Waals surface area contributed by atoms with Gasteiger partial charge in [0, 0.05) is 22.5 Å². The van der Waals surface area contributed by atoms with E-state index in [0.29, 0.717) is 11.9 Å². The first-order chi connectivity index (χ1) is 13.9. The maximum Gasteiger partial charge on any atom is 0.310 e. The molecule has 150 valence electrons. The van der Waals surface area contributed by atoms with E-state index in [9.17, 15) is 20.0 Å². The second-order valence-corrected chi connectivity index (χ2v) is 7.01. The molecule has 29 heavy (non-hydrogen) atoms. The summed E-state index contributed by atoms with van der Waals surface area (Å²) in [6.07, 6.45) is 0.798. The number of aromatic nitrogens is 1. The van der Waals surface area contributed by atoms with Gasteiger partial charge in [-0.15, -0.1) is 10.2 Å². The number of ether oxygens (including phenoxy) is 1. The Kier molecular flexibility index (Phi) is 6.23. The fraction of sp³-hybridized carbons (Fsp3) is 0.211.